The Morgan fingerprint density at radius 1 is 1.09 bits per heavy atom. The monoisotopic (exact) mass is 315 g/mol. The highest BCUT2D eigenvalue weighted by Gasteiger charge is 2.40. The number of benzene rings is 1. The molecule has 124 valence electrons. The summed E-state index contributed by atoms with van der Waals surface area (Å²) in [5.74, 6) is -0.565. The fourth-order valence-corrected chi connectivity index (χ4v) is 4.08. The fraction of sp³-hybridized carbons (Fsp3) is 0.579. The Balaban J connectivity index is 1.62. The van der Waals surface area contributed by atoms with Crippen molar-refractivity contribution in [2.75, 3.05) is 13.1 Å². The zero-order valence-electron chi connectivity index (χ0n) is 13.5. The minimum atomic E-state index is -0.801. The molecule has 0 aromatic heterocycles. The zero-order chi connectivity index (χ0) is 16.2. The molecule has 2 atom stereocenters. The number of carboxylic acid groups (broad SMARTS) is 1. The van der Waals surface area contributed by atoms with Gasteiger partial charge in [0.2, 0.25) is 5.91 Å². The van der Waals surface area contributed by atoms with Gasteiger partial charge in [0.05, 0.1) is 5.92 Å². The summed E-state index contributed by atoms with van der Waals surface area (Å²) in [5.41, 5.74) is 1.02. The molecular weight excluding hydrogens is 290 g/mol. The third kappa shape index (κ3) is 3.74. The van der Waals surface area contributed by atoms with Gasteiger partial charge in [-0.1, -0.05) is 56.0 Å². The minimum Gasteiger partial charge on any atom is -0.481 e. The molecule has 0 bridgehead atoms. The highest BCUT2D eigenvalue weighted by Crippen LogP contribution is 2.34. The molecular formula is C19H25NO3. The van der Waals surface area contributed by atoms with E-state index in [1.165, 1.54) is 25.7 Å². The Kier molecular flexibility index (Phi) is 4.99. The molecule has 0 unspecified atom stereocenters. The number of likely N-dealkylation sites (tertiary alicyclic amines) is 1. The summed E-state index contributed by atoms with van der Waals surface area (Å²) in [6, 6.07) is 9.72. The highest BCUT2D eigenvalue weighted by atomic mass is 16.4. The van der Waals surface area contributed by atoms with Gasteiger partial charge >= 0.3 is 5.97 Å². The van der Waals surface area contributed by atoms with Crippen LogP contribution in [0, 0.1) is 11.8 Å². The van der Waals surface area contributed by atoms with Crippen LogP contribution >= 0.6 is 0 Å². The summed E-state index contributed by atoms with van der Waals surface area (Å²) in [7, 11) is 0. The number of carboxylic acids is 1. The Morgan fingerprint density at radius 2 is 1.78 bits per heavy atom. The lowest BCUT2D eigenvalue weighted by molar-refractivity contribution is -0.141. The molecule has 1 saturated heterocycles. The van der Waals surface area contributed by atoms with Gasteiger partial charge in [-0.15, -0.1) is 0 Å². The van der Waals surface area contributed by atoms with Crippen LogP contribution in [0.3, 0.4) is 0 Å². The van der Waals surface area contributed by atoms with Crippen molar-refractivity contribution in [2.24, 2.45) is 11.8 Å². The van der Waals surface area contributed by atoms with E-state index in [0.29, 0.717) is 25.4 Å². The molecule has 1 heterocycles. The number of nitrogens with zero attached hydrogens (tertiary/aromatic N) is 1. The average molecular weight is 315 g/mol. The van der Waals surface area contributed by atoms with Crippen molar-refractivity contribution in [1.82, 2.24) is 4.90 Å². The molecule has 2 aliphatic rings. The van der Waals surface area contributed by atoms with Crippen LogP contribution in [0.2, 0.25) is 0 Å². The molecule has 0 spiro atoms. The third-order valence-corrected chi connectivity index (χ3v) is 5.46. The smallest absolute Gasteiger partial charge is 0.308 e. The van der Waals surface area contributed by atoms with Gasteiger partial charge in [-0.25, -0.2) is 0 Å². The van der Waals surface area contributed by atoms with E-state index in [1.807, 2.05) is 30.3 Å². The molecule has 3 rings (SSSR count). The lowest BCUT2D eigenvalue weighted by Crippen LogP contribution is -2.30. The molecule has 1 amide bonds. The van der Waals surface area contributed by atoms with Crippen LogP contribution in [-0.4, -0.2) is 35.0 Å². The first-order valence-corrected chi connectivity index (χ1v) is 8.70. The normalized spacial score (nSPS) is 25.0. The average Bonchev–Trinajstić information content (AvgIpc) is 3.23. The van der Waals surface area contributed by atoms with E-state index in [0.717, 1.165) is 12.0 Å². The van der Waals surface area contributed by atoms with Crippen molar-refractivity contribution in [2.45, 2.75) is 44.4 Å². The predicted molar refractivity (Wildman–Crippen MR) is 88.1 cm³/mol. The van der Waals surface area contributed by atoms with Gasteiger partial charge in [-0.3, -0.25) is 9.59 Å². The van der Waals surface area contributed by atoms with Gasteiger partial charge in [0, 0.05) is 25.4 Å². The second kappa shape index (κ2) is 7.16. The molecule has 1 saturated carbocycles. The SMILES string of the molecule is O=C(O)[C@@H]1CN(C(=O)CCC2CCCC2)C[C@@H]1c1ccccc1. The van der Waals surface area contributed by atoms with Gasteiger partial charge in [-0.05, 0) is 17.9 Å². The lowest BCUT2D eigenvalue weighted by Gasteiger charge is -2.17. The summed E-state index contributed by atoms with van der Waals surface area (Å²) in [5, 5.41) is 9.51. The minimum absolute atomic E-state index is 0.0934. The lowest BCUT2D eigenvalue weighted by atomic mass is 9.89. The first-order valence-electron chi connectivity index (χ1n) is 8.70. The van der Waals surface area contributed by atoms with Crippen molar-refractivity contribution in [1.29, 1.82) is 0 Å². The molecule has 2 fully saturated rings. The highest BCUT2D eigenvalue weighted by molar-refractivity contribution is 5.79. The molecule has 1 N–H and O–H groups in total. The quantitative estimate of drug-likeness (QED) is 0.907. The fourth-order valence-electron chi connectivity index (χ4n) is 4.08. The molecule has 1 aromatic rings. The number of hydrogen-bond acceptors (Lipinski definition) is 2. The van der Waals surface area contributed by atoms with E-state index in [4.69, 9.17) is 0 Å². The number of carbonyl (C=O) groups excluding carboxylic acids is 1. The second-order valence-electron chi connectivity index (χ2n) is 6.95. The maximum atomic E-state index is 12.5. The topological polar surface area (TPSA) is 57.6 Å². The maximum absolute atomic E-state index is 12.5. The molecule has 4 nitrogen and oxygen atoms in total. The number of amides is 1. The largest absolute Gasteiger partial charge is 0.481 e. The van der Waals surface area contributed by atoms with Crippen molar-refractivity contribution in [3.63, 3.8) is 0 Å². The van der Waals surface area contributed by atoms with Crippen LogP contribution in [0.15, 0.2) is 30.3 Å². The van der Waals surface area contributed by atoms with Crippen LogP contribution in [0.25, 0.3) is 0 Å². The Morgan fingerprint density at radius 3 is 2.43 bits per heavy atom. The molecule has 4 heteroatoms. The maximum Gasteiger partial charge on any atom is 0.308 e. The van der Waals surface area contributed by atoms with E-state index >= 15 is 0 Å². The van der Waals surface area contributed by atoms with Crippen molar-refractivity contribution in [3.8, 4) is 0 Å². The molecule has 1 aromatic carbocycles. The number of rotatable bonds is 5. The van der Waals surface area contributed by atoms with Crippen LogP contribution in [0.1, 0.15) is 50.0 Å². The van der Waals surface area contributed by atoms with E-state index in [-0.39, 0.29) is 11.8 Å². The van der Waals surface area contributed by atoms with Crippen molar-refractivity contribution >= 4 is 11.9 Å². The Bertz CT molecular complexity index is 551. The van der Waals surface area contributed by atoms with E-state index < -0.39 is 11.9 Å². The molecule has 1 aliphatic heterocycles. The number of carbonyl (C=O) groups is 2. The first-order chi connectivity index (χ1) is 11.1. The van der Waals surface area contributed by atoms with Gasteiger partial charge in [0.15, 0.2) is 0 Å². The third-order valence-electron chi connectivity index (χ3n) is 5.46. The van der Waals surface area contributed by atoms with E-state index in [1.54, 1.807) is 4.90 Å². The van der Waals surface area contributed by atoms with Gasteiger partial charge < -0.3 is 10.0 Å². The Hall–Kier alpha value is -1.84. The predicted octanol–water partition coefficient (Wildman–Crippen LogP) is 3.28. The zero-order valence-corrected chi connectivity index (χ0v) is 13.5. The van der Waals surface area contributed by atoms with Crippen LogP contribution in [-0.2, 0) is 9.59 Å². The summed E-state index contributed by atoms with van der Waals surface area (Å²) in [6.07, 6.45) is 6.61. The van der Waals surface area contributed by atoms with E-state index in [2.05, 4.69) is 0 Å². The summed E-state index contributed by atoms with van der Waals surface area (Å²) in [4.78, 5) is 25.8. The summed E-state index contributed by atoms with van der Waals surface area (Å²) in [6.45, 7) is 0.878. The van der Waals surface area contributed by atoms with Gasteiger partial charge in [0.1, 0.15) is 0 Å². The molecule has 0 radical (unpaired) electrons. The van der Waals surface area contributed by atoms with Crippen molar-refractivity contribution < 1.29 is 14.7 Å². The summed E-state index contributed by atoms with van der Waals surface area (Å²) >= 11 is 0. The molecule has 23 heavy (non-hydrogen) atoms. The summed E-state index contributed by atoms with van der Waals surface area (Å²) < 4.78 is 0. The van der Waals surface area contributed by atoms with Crippen LogP contribution in [0.5, 0.6) is 0 Å². The van der Waals surface area contributed by atoms with Crippen LogP contribution < -0.4 is 0 Å². The van der Waals surface area contributed by atoms with Crippen LogP contribution in [0.4, 0.5) is 0 Å². The van der Waals surface area contributed by atoms with Gasteiger partial charge in [0.25, 0.3) is 0 Å². The van der Waals surface area contributed by atoms with E-state index in [9.17, 15) is 14.7 Å². The standard InChI is InChI=1S/C19H25NO3/c21-18(11-10-14-6-4-5-7-14)20-12-16(17(13-20)19(22)23)15-8-2-1-3-9-15/h1-3,8-9,14,16-17H,4-7,10-13H2,(H,22,23)/t16-,17-/m1/s1. The van der Waals surface area contributed by atoms with Gasteiger partial charge in [-0.2, -0.15) is 0 Å². The molecule has 1 aliphatic carbocycles. The second-order valence-corrected chi connectivity index (χ2v) is 6.95. The van der Waals surface area contributed by atoms with Crippen molar-refractivity contribution in [3.05, 3.63) is 35.9 Å². The number of aliphatic carboxylic acids is 1. The Labute approximate surface area is 137 Å². The first kappa shape index (κ1) is 16.0. The number of hydrogen-bond donors (Lipinski definition) is 1.